The van der Waals surface area contributed by atoms with E-state index in [2.05, 4.69) is 0 Å². The third kappa shape index (κ3) is 2.99. The Bertz CT molecular complexity index is 192. The lowest BCUT2D eigenvalue weighted by Crippen LogP contribution is -2.43. The van der Waals surface area contributed by atoms with Crippen LogP contribution in [-0.2, 0) is 0 Å². The first-order valence-electron chi connectivity index (χ1n) is 4.19. The molecule has 1 aliphatic heterocycles. The van der Waals surface area contributed by atoms with Crippen LogP contribution in [0.5, 0.6) is 0 Å². The van der Waals surface area contributed by atoms with Gasteiger partial charge in [0, 0.05) is 13.1 Å². The number of hydrogen-bond donors (Lipinski definition) is 0. The second-order valence-corrected chi connectivity index (χ2v) is 3.07. The number of hydrogen-bond acceptors (Lipinski definition) is 1. The maximum absolute atomic E-state index is 12.9. The van der Waals surface area contributed by atoms with Crippen molar-refractivity contribution in [3.8, 4) is 0 Å². The van der Waals surface area contributed by atoms with Crippen molar-refractivity contribution >= 4 is 0 Å². The topological polar surface area (TPSA) is 3.24 Å². The Hall–Kier alpha value is -0.580. The first-order valence-corrected chi connectivity index (χ1v) is 4.19. The Labute approximate surface area is 74.0 Å². The summed E-state index contributed by atoms with van der Waals surface area (Å²) >= 11 is 0. The average Bonchev–Trinajstić information content (AvgIpc) is 2.04. The zero-order valence-corrected chi connectivity index (χ0v) is 7.07. The van der Waals surface area contributed by atoms with Crippen molar-refractivity contribution in [3.05, 3.63) is 12.2 Å². The van der Waals surface area contributed by atoms with Gasteiger partial charge in [0.05, 0.1) is 6.08 Å². The van der Waals surface area contributed by atoms with E-state index in [0.29, 0.717) is 12.8 Å². The predicted octanol–water partition coefficient (Wildman–Crippen LogP) is 2.85. The van der Waals surface area contributed by atoms with Crippen LogP contribution in [0.2, 0.25) is 0 Å². The summed E-state index contributed by atoms with van der Waals surface area (Å²) in [5.74, 6) is 0. The van der Waals surface area contributed by atoms with E-state index in [-0.39, 0.29) is 19.2 Å². The van der Waals surface area contributed by atoms with Gasteiger partial charge in [-0.3, -0.25) is 0 Å². The summed E-state index contributed by atoms with van der Waals surface area (Å²) in [5, 5.41) is 0. The van der Waals surface area contributed by atoms with Crippen molar-refractivity contribution < 1.29 is 17.6 Å². The Kier molecular flexibility index (Phi) is 3.30. The molecule has 76 valence electrons. The molecule has 1 fully saturated rings. The summed E-state index contributed by atoms with van der Waals surface area (Å²) in [6.07, 6.45) is -0.405. The summed E-state index contributed by atoms with van der Waals surface area (Å²) < 4.78 is 49.1. The summed E-state index contributed by atoms with van der Waals surface area (Å²) in [6.45, 7) is 0.383. The number of rotatable bonds is 2. The monoisotopic (exact) mass is 197 g/mol. The molecule has 5 heteroatoms. The lowest BCUT2D eigenvalue weighted by molar-refractivity contribution is -0.113. The van der Waals surface area contributed by atoms with Gasteiger partial charge in [-0.25, -0.2) is 4.90 Å². The number of piperidine rings is 1. The molecular weight excluding hydrogens is 186 g/mol. The molecule has 0 amide bonds. The van der Waals surface area contributed by atoms with Crippen molar-refractivity contribution in [2.45, 2.75) is 25.3 Å². The van der Waals surface area contributed by atoms with Crippen molar-refractivity contribution in [2.24, 2.45) is 0 Å². The zero-order chi connectivity index (χ0) is 9.90. The highest BCUT2D eigenvalue weighted by molar-refractivity contribution is 4.95. The molecule has 0 bridgehead atoms. The Morgan fingerprint density at radius 1 is 1.08 bits per heavy atom. The predicted molar refractivity (Wildman–Crippen MR) is 40.7 cm³/mol. The van der Waals surface area contributed by atoms with Gasteiger partial charge in [0.15, 0.2) is 0 Å². The molecule has 0 aromatic heterocycles. The van der Waals surface area contributed by atoms with Crippen molar-refractivity contribution in [1.29, 1.82) is 0 Å². The third-order valence-corrected chi connectivity index (χ3v) is 2.06. The normalized spacial score (nSPS) is 20.0. The molecule has 0 N–H and O–H groups in total. The van der Waals surface area contributed by atoms with Gasteiger partial charge >= 0.3 is 6.05 Å². The Balaban J connectivity index is 2.61. The van der Waals surface area contributed by atoms with E-state index in [9.17, 15) is 17.6 Å². The molecule has 0 aliphatic carbocycles. The van der Waals surface area contributed by atoms with Crippen molar-refractivity contribution in [3.63, 3.8) is 0 Å². The SMILES string of the molecule is FC(F)=CC(F)(F)N1CCCCC1. The zero-order valence-electron chi connectivity index (χ0n) is 7.07. The fourth-order valence-electron chi connectivity index (χ4n) is 1.41. The summed E-state index contributed by atoms with van der Waals surface area (Å²) in [6, 6.07) is -3.49. The van der Waals surface area contributed by atoms with E-state index >= 15 is 0 Å². The van der Waals surface area contributed by atoms with Gasteiger partial charge in [-0.15, -0.1) is 0 Å². The van der Waals surface area contributed by atoms with Crippen LogP contribution in [0.25, 0.3) is 0 Å². The lowest BCUT2D eigenvalue weighted by atomic mass is 10.1. The molecule has 1 nitrogen and oxygen atoms in total. The highest BCUT2D eigenvalue weighted by Gasteiger charge is 2.36. The standard InChI is InChI=1S/C8H11F4N/c9-7(10)6-8(11,12)13-4-2-1-3-5-13/h6H,1-5H2. The van der Waals surface area contributed by atoms with Crippen molar-refractivity contribution in [1.82, 2.24) is 4.90 Å². The second kappa shape index (κ2) is 4.09. The fraction of sp³-hybridized carbons (Fsp3) is 0.750. The molecule has 1 aliphatic rings. The van der Waals surface area contributed by atoms with Crippen LogP contribution in [0.1, 0.15) is 19.3 Å². The number of halogens is 4. The van der Waals surface area contributed by atoms with Crippen LogP contribution < -0.4 is 0 Å². The van der Waals surface area contributed by atoms with Gasteiger partial charge in [-0.05, 0) is 12.8 Å². The molecule has 0 atom stereocenters. The molecule has 13 heavy (non-hydrogen) atoms. The number of alkyl halides is 2. The first kappa shape index (κ1) is 10.5. The fourth-order valence-corrected chi connectivity index (χ4v) is 1.41. The highest BCUT2D eigenvalue weighted by atomic mass is 19.3. The second-order valence-electron chi connectivity index (χ2n) is 3.07. The van der Waals surface area contributed by atoms with Crippen LogP contribution in [0, 0.1) is 0 Å². The molecule has 0 spiro atoms. The van der Waals surface area contributed by atoms with Crippen LogP contribution in [0.4, 0.5) is 17.6 Å². The number of nitrogens with zero attached hydrogens (tertiary/aromatic N) is 1. The van der Waals surface area contributed by atoms with E-state index in [1.54, 1.807) is 0 Å². The van der Waals surface area contributed by atoms with Gasteiger partial charge in [0.25, 0.3) is 6.08 Å². The van der Waals surface area contributed by atoms with Gasteiger partial charge in [-0.2, -0.15) is 17.6 Å². The first-order chi connectivity index (χ1) is 6.02. The van der Waals surface area contributed by atoms with Gasteiger partial charge < -0.3 is 0 Å². The molecule has 0 saturated carbocycles. The molecular formula is C8H11F4N. The smallest absolute Gasteiger partial charge is 0.241 e. The maximum atomic E-state index is 12.9. The number of likely N-dealkylation sites (tertiary alicyclic amines) is 1. The minimum Gasteiger partial charge on any atom is -0.241 e. The Morgan fingerprint density at radius 2 is 1.62 bits per heavy atom. The quantitative estimate of drug-likeness (QED) is 0.486. The molecule has 1 saturated heterocycles. The molecule has 1 heterocycles. The summed E-state index contributed by atoms with van der Waals surface area (Å²) in [7, 11) is 0. The minimum absolute atomic E-state index is 0.191. The highest BCUT2D eigenvalue weighted by Crippen LogP contribution is 2.27. The van der Waals surface area contributed by atoms with E-state index in [1.807, 2.05) is 0 Å². The van der Waals surface area contributed by atoms with Gasteiger partial charge in [-0.1, -0.05) is 6.42 Å². The molecule has 0 aromatic carbocycles. The summed E-state index contributed by atoms with van der Waals surface area (Å²) in [5.41, 5.74) is 0. The molecule has 0 aromatic rings. The van der Waals surface area contributed by atoms with E-state index in [4.69, 9.17) is 0 Å². The van der Waals surface area contributed by atoms with Crippen LogP contribution in [-0.4, -0.2) is 24.0 Å². The minimum atomic E-state index is -3.49. The average molecular weight is 197 g/mol. The Morgan fingerprint density at radius 3 is 2.08 bits per heavy atom. The van der Waals surface area contributed by atoms with Crippen LogP contribution >= 0.6 is 0 Å². The third-order valence-electron chi connectivity index (χ3n) is 2.06. The molecule has 0 unspecified atom stereocenters. The van der Waals surface area contributed by atoms with Gasteiger partial charge in [0.2, 0.25) is 0 Å². The van der Waals surface area contributed by atoms with E-state index in [1.165, 1.54) is 0 Å². The van der Waals surface area contributed by atoms with Crippen molar-refractivity contribution in [2.75, 3.05) is 13.1 Å². The van der Waals surface area contributed by atoms with Crippen LogP contribution in [0.3, 0.4) is 0 Å². The van der Waals surface area contributed by atoms with Crippen LogP contribution in [0.15, 0.2) is 12.2 Å². The molecule has 0 radical (unpaired) electrons. The van der Waals surface area contributed by atoms with E-state index < -0.39 is 12.1 Å². The van der Waals surface area contributed by atoms with Gasteiger partial charge in [0.1, 0.15) is 0 Å². The molecule has 1 rings (SSSR count). The van der Waals surface area contributed by atoms with E-state index in [0.717, 1.165) is 11.3 Å². The summed E-state index contributed by atoms with van der Waals surface area (Å²) in [4.78, 5) is 0.787. The lowest BCUT2D eigenvalue weighted by Gasteiger charge is -2.31. The maximum Gasteiger partial charge on any atom is 0.330 e. The largest absolute Gasteiger partial charge is 0.330 e.